The summed E-state index contributed by atoms with van der Waals surface area (Å²) in [6.07, 6.45) is 2.49. The molecule has 1 atom stereocenters. The molecule has 0 fully saturated rings. The lowest BCUT2D eigenvalue weighted by Crippen LogP contribution is -2.41. The van der Waals surface area contributed by atoms with Crippen molar-refractivity contribution in [3.8, 4) is 0 Å². The van der Waals surface area contributed by atoms with Gasteiger partial charge in [0.05, 0.1) is 0 Å². The number of hydrogen-bond donors (Lipinski definition) is 1. The SMILES string of the molecule is CCCN(CCC)C(C)CNCc1cccs1. The lowest BCUT2D eigenvalue weighted by atomic mass is 10.2. The Bertz CT molecular complexity index is 266. The van der Waals surface area contributed by atoms with Gasteiger partial charge in [-0.05, 0) is 44.3 Å². The van der Waals surface area contributed by atoms with Gasteiger partial charge in [0.25, 0.3) is 0 Å². The molecule has 0 aliphatic carbocycles. The quantitative estimate of drug-likeness (QED) is 0.727. The molecule has 1 N–H and O–H groups in total. The first-order valence-corrected chi connectivity index (χ1v) is 7.63. The first kappa shape index (κ1) is 14.7. The van der Waals surface area contributed by atoms with Crippen LogP contribution in [0.5, 0.6) is 0 Å². The molecular weight excluding hydrogens is 228 g/mol. The minimum Gasteiger partial charge on any atom is -0.310 e. The summed E-state index contributed by atoms with van der Waals surface area (Å²) in [6.45, 7) is 11.4. The van der Waals surface area contributed by atoms with Crippen LogP contribution in [0.1, 0.15) is 38.5 Å². The second kappa shape index (κ2) is 8.67. The van der Waals surface area contributed by atoms with E-state index in [-0.39, 0.29) is 0 Å². The van der Waals surface area contributed by atoms with E-state index < -0.39 is 0 Å². The molecule has 0 amide bonds. The molecule has 0 saturated carbocycles. The Morgan fingerprint density at radius 1 is 1.29 bits per heavy atom. The maximum absolute atomic E-state index is 3.55. The lowest BCUT2D eigenvalue weighted by Gasteiger charge is -2.28. The Balaban J connectivity index is 2.23. The van der Waals surface area contributed by atoms with Crippen molar-refractivity contribution in [1.82, 2.24) is 10.2 Å². The molecule has 1 aromatic heterocycles. The molecule has 0 aliphatic heterocycles. The summed E-state index contributed by atoms with van der Waals surface area (Å²) in [4.78, 5) is 4.01. The van der Waals surface area contributed by atoms with Crippen LogP contribution in [-0.4, -0.2) is 30.6 Å². The molecule has 2 nitrogen and oxygen atoms in total. The van der Waals surface area contributed by atoms with E-state index in [1.807, 2.05) is 11.3 Å². The first-order valence-electron chi connectivity index (χ1n) is 6.75. The molecule has 1 aromatic rings. The Hall–Kier alpha value is -0.380. The van der Waals surface area contributed by atoms with Crippen LogP contribution in [0.15, 0.2) is 17.5 Å². The van der Waals surface area contributed by atoms with Gasteiger partial charge in [0.15, 0.2) is 0 Å². The molecule has 0 aromatic carbocycles. The topological polar surface area (TPSA) is 15.3 Å². The van der Waals surface area contributed by atoms with Gasteiger partial charge >= 0.3 is 0 Å². The van der Waals surface area contributed by atoms with Crippen LogP contribution in [0, 0.1) is 0 Å². The number of nitrogens with one attached hydrogen (secondary N) is 1. The van der Waals surface area contributed by atoms with E-state index in [4.69, 9.17) is 0 Å². The summed E-state index contributed by atoms with van der Waals surface area (Å²) in [5.74, 6) is 0. The zero-order chi connectivity index (χ0) is 12.5. The molecule has 0 aliphatic rings. The predicted octanol–water partition coefficient (Wildman–Crippen LogP) is 3.35. The molecule has 3 heteroatoms. The molecule has 0 spiro atoms. The molecule has 0 saturated heterocycles. The smallest absolute Gasteiger partial charge is 0.0300 e. The van der Waals surface area contributed by atoms with Gasteiger partial charge in [-0.25, -0.2) is 0 Å². The standard InChI is InChI=1S/C14H26N2S/c1-4-8-16(9-5-2)13(3)11-15-12-14-7-6-10-17-14/h6-7,10,13,15H,4-5,8-9,11-12H2,1-3H3. The van der Waals surface area contributed by atoms with Gasteiger partial charge in [0, 0.05) is 24.0 Å². The fourth-order valence-electron chi connectivity index (χ4n) is 2.07. The highest BCUT2D eigenvalue weighted by atomic mass is 32.1. The number of hydrogen-bond acceptors (Lipinski definition) is 3. The zero-order valence-electron chi connectivity index (χ0n) is 11.4. The fourth-order valence-corrected chi connectivity index (χ4v) is 2.75. The van der Waals surface area contributed by atoms with E-state index in [0.717, 1.165) is 13.1 Å². The largest absolute Gasteiger partial charge is 0.310 e. The van der Waals surface area contributed by atoms with Gasteiger partial charge in [-0.1, -0.05) is 19.9 Å². The highest BCUT2D eigenvalue weighted by Gasteiger charge is 2.11. The van der Waals surface area contributed by atoms with Gasteiger partial charge in [0.2, 0.25) is 0 Å². The number of thiophene rings is 1. The Morgan fingerprint density at radius 3 is 2.53 bits per heavy atom. The van der Waals surface area contributed by atoms with Crippen LogP contribution in [0.3, 0.4) is 0 Å². The summed E-state index contributed by atoms with van der Waals surface area (Å²) in [5, 5.41) is 5.69. The van der Waals surface area contributed by atoms with E-state index in [1.54, 1.807) is 0 Å². The molecular formula is C14H26N2S. The highest BCUT2D eigenvalue weighted by Crippen LogP contribution is 2.08. The zero-order valence-corrected chi connectivity index (χ0v) is 12.2. The van der Waals surface area contributed by atoms with Crippen LogP contribution >= 0.6 is 11.3 Å². The van der Waals surface area contributed by atoms with E-state index in [2.05, 4.69) is 48.5 Å². The van der Waals surface area contributed by atoms with Gasteiger partial charge in [-0.3, -0.25) is 4.90 Å². The summed E-state index contributed by atoms with van der Waals surface area (Å²) < 4.78 is 0. The van der Waals surface area contributed by atoms with Gasteiger partial charge < -0.3 is 5.32 Å². The van der Waals surface area contributed by atoms with E-state index in [9.17, 15) is 0 Å². The summed E-state index contributed by atoms with van der Waals surface area (Å²) in [5.41, 5.74) is 0. The Labute approximate surface area is 110 Å². The van der Waals surface area contributed by atoms with Crippen molar-refractivity contribution in [3.63, 3.8) is 0 Å². The van der Waals surface area contributed by atoms with Crippen LogP contribution < -0.4 is 5.32 Å². The van der Waals surface area contributed by atoms with Gasteiger partial charge in [-0.15, -0.1) is 11.3 Å². The summed E-state index contributed by atoms with van der Waals surface area (Å²) in [6, 6.07) is 4.94. The Kier molecular flexibility index (Phi) is 7.49. The van der Waals surface area contributed by atoms with Crippen molar-refractivity contribution >= 4 is 11.3 Å². The van der Waals surface area contributed by atoms with Crippen LogP contribution in [0.25, 0.3) is 0 Å². The van der Waals surface area contributed by atoms with Crippen molar-refractivity contribution in [2.24, 2.45) is 0 Å². The van der Waals surface area contributed by atoms with Gasteiger partial charge in [-0.2, -0.15) is 0 Å². The minimum absolute atomic E-state index is 0.634. The van der Waals surface area contributed by atoms with E-state index in [0.29, 0.717) is 6.04 Å². The molecule has 1 rings (SSSR count). The molecule has 0 radical (unpaired) electrons. The Morgan fingerprint density at radius 2 is 2.00 bits per heavy atom. The van der Waals surface area contributed by atoms with Crippen molar-refractivity contribution in [1.29, 1.82) is 0 Å². The molecule has 98 valence electrons. The van der Waals surface area contributed by atoms with Crippen LogP contribution in [0.2, 0.25) is 0 Å². The highest BCUT2D eigenvalue weighted by molar-refractivity contribution is 7.09. The first-order chi connectivity index (χ1) is 8.27. The van der Waals surface area contributed by atoms with Crippen LogP contribution in [0.4, 0.5) is 0 Å². The lowest BCUT2D eigenvalue weighted by molar-refractivity contribution is 0.204. The van der Waals surface area contributed by atoms with Crippen molar-refractivity contribution in [3.05, 3.63) is 22.4 Å². The molecule has 1 heterocycles. The number of nitrogens with zero attached hydrogens (tertiary/aromatic N) is 1. The average Bonchev–Trinajstić information content (AvgIpc) is 2.81. The van der Waals surface area contributed by atoms with E-state index in [1.165, 1.54) is 30.8 Å². The fraction of sp³-hybridized carbons (Fsp3) is 0.714. The second-order valence-electron chi connectivity index (χ2n) is 4.60. The third-order valence-corrected chi connectivity index (χ3v) is 3.84. The molecule has 1 unspecified atom stereocenters. The average molecular weight is 254 g/mol. The van der Waals surface area contributed by atoms with Crippen molar-refractivity contribution in [2.45, 2.75) is 46.2 Å². The van der Waals surface area contributed by atoms with Crippen LogP contribution in [-0.2, 0) is 6.54 Å². The van der Waals surface area contributed by atoms with Crippen molar-refractivity contribution < 1.29 is 0 Å². The number of rotatable bonds is 9. The van der Waals surface area contributed by atoms with Crippen molar-refractivity contribution in [2.75, 3.05) is 19.6 Å². The second-order valence-corrected chi connectivity index (χ2v) is 5.63. The summed E-state index contributed by atoms with van der Waals surface area (Å²) >= 11 is 1.83. The predicted molar refractivity (Wildman–Crippen MR) is 77.6 cm³/mol. The molecule has 0 bridgehead atoms. The minimum atomic E-state index is 0.634. The maximum atomic E-state index is 3.55. The maximum Gasteiger partial charge on any atom is 0.0300 e. The monoisotopic (exact) mass is 254 g/mol. The third kappa shape index (κ3) is 5.66. The molecule has 17 heavy (non-hydrogen) atoms. The third-order valence-electron chi connectivity index (χ3n) is 2.96. The summed E-state index contributed by atoms with van der Waals surface area (Å²) in [7, 11) is 0. The van der Waals surface area contributed by atoms with Gasteiger partial charge in [0.1, 0.15) is 0 Å². The normalized spacial score (nSPS) is 13.2. The van der Waals surface area contributed by atoms with E-state index >= 15 is 0 Å².